The van der Waals surface area contributed by atoms with Gasteiger partial charge in [0.05, 0.1) is 12.1 Å². The molecule has 0 aliphatic heterocycles. The minimum Gasteiger partial charge on any atom is -0.495 e. The van der Waals surface area contributed by atoms with Crippen molar-refractivity contribution in [3.05, 3.63) is 27.7 Å². The predicted octanol–water partition coefficient (Wildman–Crippen LogP) is 3.30. The zero-order valence-electron chi connectivity index (χ0n) is 11.3. The highest BCUT2D eigenvalue weighted by Crippen LogP contribution is 2.32. The minimum atomic E-state index is -0.869. The van der Waals surface area contributed by atoms with E-state index in [-0.39, 0.29) is 0 Å². The lowest BCUT2D eigenvalue weighted by Crippen LogP contribution is -2.36. The SMILES string of the molecule is COc1c(Cl)cc(Cl)cc1CNC(CCSC)C(=O)O. The fourth-order valence-electron chi connectivity index (χ4n) is 1.76. The average molecular weight is 338 g/mol. The van der Waals surface area contributed by atoms with Crippen molar-refractivity contribution in [1.82, 2.24) is 5.32 Å². The van der Waals surface area contributed by atoms with Gasteiger partial charge in [0, 0.05) is 17.1 Å². The van der Waals surface area contributed by atoms with Gasteiger partial charge in [0.2, 0.25) is 0 Å². The Hall–Kier alpha value is -0.620. The lowest BCUT2D eigenvalue weighted by atomic mass is 10.1. The Kier molecular flexibility index (Phi) is 7.51. The first-order chi connectivity index (χ1) is 9.49. The lowest BCUT2D eigenvalue weighted by Gasteiger charge is -2.16. The number of thioether (sulfide) groups is 1. The van der Waals surface area contributed by atoms with Crippen molar-refractivity contribution >= 4 is 40.9 Å². The summed E-state index contributed by atoms with van der Waals surface area (Å²) < 4.78 is 5.22. The summed E-state index contributed by atoms with van der Waals surface area (Å²) in [5, 5.41) is 13.0. The van der Waals surface area contributed by atoms with Gasteiger partial charge in [-0.1, -0.05) is 23.2 Å². The Bertz CT molecular complexity index is 471. The number of carboxylic acid groups (broad SMARTS) is 1. The second-order valence-corrected chi connectivity index (χ2v) is 5.96. The quantitative estimate of drug-likeness (QED) is 0.762. The van der Waals surface area contributed by atoms with Gasteiger partial charge in [-0.25, -0.2) is 0 Å². The van der Waals surface area contributed by atoms with E-state index in [9.17, 15) is 4.79 Å². The zero-order chi connectivity index (χ0) is 15.1. The van der Waals surface area contributed by atoms with Crippen LogP contribution < -0.4 is 10.1 Å². The highest BCUT2D eigenvalue weighted by Gasteiger charge is 2.18. The molecule has 0 heterocycles. The van der Waals surface area contributed by atoms with Gasteiger partial charge in [-0.05, 0) is 30.6 Å². The van der Waals surface area contributed by atoms with Crippen LogP contribution in [0.15, 0.2) is 12.1 Å². The number of aliphatic carboxylic acids is 1. The Morgan fingerprint density at radius 2 is 2.20 bits per heavy atom. The molecule has 7 heteroatoms. The standard InChI is InChI=1S/C13H17Cl2NO3S/c1-19-12-8(5-9(14)6-10(12)15)7-16-11(13(17)18)3-4-20-2/h5-6,11,16H,3-4,7H2,1-2H3,(H,17,18). The number of benzene rings is 1. The molecule has 0 fully saturated rings. The van der Waals surface area contributed by atoms with Crippen molar-refractivity contribution < 1.29 is 14.6 Å². The van der Waals surface area contributed by atoms with Crippen LogP contribution in [0.5, 0.6) is 5.75 Å². The van der Waals surface area contributed by atoms with E-state index in [1.54, 1.807) is 23.9 Å². The molecule has 20 heavy (non-hydrogen) atoms. The molecule has 0 spiro atoms. The van der Waals surface area contributed by atoms with E-state index < -0.39 is 12.0 Å². The van der Waals surface area contributed by atoms with Gasteiger partial charge < -0.3 is 15.2 Å². The van der Waals surface area contributed by atoms with Crippen LogP contribution in [0.4, 0.5) is 0 Å². The minimum absolute atomic E-state index is 0.328. The maximum absolute atomic E-state index is 11.2. The topological polar surface area (TPSA) is 58.6 Å². The van der Waals surface area contributed by atoms with Crippen molar-refractivity contribution in [2.45, 2.75) is 19.0 Å². The predicted molar refractivity (Wildman–Crippen MR) is 84.3 cm³/mol. The van der Waals surface area contributed by atoms with E-state index >= 15 is 0 Å². The Morgan fingerprint density at radius 1 is 1.50 bits per heavy atom. The summed E-state index contributed by atoms with van der Waals surface area (Å²) in [6, 6.07) is 2.70. The van der Waals surface area contributed by atoms with Gasteiger partial charge in [0.1, 0.15) is 11.8 Å². The Balaban J connectivity index is 2.79. The first-order valence-electron chi connectivity index (χ1n) is 5.96. The van der Waals surface area contributed by atoms with Crippen LogP contribution in [0.3, 0.4) is 0 Å². The number of carbonyl (C=O) groups is 1. The normalized spacial score (nSPS) is 12.2. The molecule has 2 N–H and O–H groups in total. The molecule has 1 aromatic rings. The molecule has 0 radical (unpaired) electrons. The Morgan fingerprint density at radius 3 is 2.75 bits per heavy atom. The van der Waals surface area contributed by atoms with Crippen molar-refractivity contribution in [2.24, 2.45) is 0 Å². The van der Waals surface area contributed by atoms with Crippen molar-refractivity contribution in [3.63, 3.8) is 0 Å². The second kappa shape index (κ2) is 8.62. The largest absolute Gasteiger partial charge is 0.495 e. The fraction of sp³-hybridized carbons (Fsp3) is 0.462. The van der Waals surface area contributed by atoms with Crippen LogP contribution in [0.25, 0.3) is 0 Å². The summed E-state index contributed by atoms with van der Waals surface area (Å²) in [5.41, 5.74) is 0.736. The van der Waals surface area contributed by atoms with Gasteiger partial charge >= 0.3 is 5.97 Å². The van der Waals surface area contributed by atoms with Gasteiger partial charge in [0.25, 0.3) is 0 Å². The van der Waals surface area contributed by atoms with Gasteiger partial charge in [0.15, 0.2) is 0 Å². The maximum atomic E-state index is 11.2. The third-order valence-corrected chi connectivity index (χ3v) is 3.88. The molecule has 0 saturated heterocycles. The molecule has 112 valence electrons. The molecule has 0 bridgehead atoms. The van der Waals surface area contributed by atoms with E-state index in [0.717, 1.165) is 11.3 Å². The highest BCUT2D eigenvalue weighted by molar-refractivity contribution is 7.98. The number of nitrogens with one attached hydrogen (secondary N) is 1. The van der Waals surface area contributed by atoms with E-state index in [2.05, 4.69) is 5.32 Å². The van der Waals surface area contributed by atoms with Gasteiger partial charge in [-0.3, -0.25) is 4.79 Å². The smallest absolute Gasteiger partial charge is 0.320 e. The summed E-state index contributed by atoms with van der Waals surface area (Å²) in [5.74, 6) is 0.418. The van der Waals surface area contributed by atoms with Crippen LogP contribution in [0.2, 0.25) is 10.0 Å². The van der Waals surface area contributed by atoms with E-state index in [1.807, 2.05) is 6.26 Å². The molecule has 4 nitrogen and oxygen atoms in total. The van der Waals surface area contributed by atoms with Crippen molar-refractivity contribution in [1.29, 1.82) is 0 Å². The summed E-state index contributed by atoms with van der Waals surface area (Å²) >= 11 is 13.6. The second-order valence-electron chi connectivity index (χ2n) is 4.13. The van der Waals surface area contributed by atoms with Crippen LogP contribution in [-0.4, -0.2) is 36.2 Å². The molecule has 0 amide bonds. The monoisotopic (exact) mass is 337 g/mol. The molecule has 0 aromatic heterocycles. The molecule has 0 saturated carbocycles. The van der Waals surface area contributed by atoms with E-state index in [1.165, 1.54) is 7.11 Å². The maximum Gasteiger partial charge on any atom is 0.320 e. The summed E-state index contributed by atoms with van der Waals surface area (Å²) in [7, 11) is 1.51. The summed E-state index contributed by atoms with van der Waals surface area (Å²) in [6.45, 7) is 0.328. The lowest BCUT2D eigenvalue weighted by molar-refractivity contribution is -0.139. The van der Waals surface area contributed by atoms with Crippen molar-refractivity contribution in [2.75, 3.05) is 19.1 Å². The van der Waals surface area contributed by atoms with Crippen LogP contribution in [0, 0.1) is 0 Å². The van der Waals surface area contributed by atoms with Crippen LogP contribution >= 0.6 is 35.0 Å². The molecule has 1 atom stereocenters. The first-order valence-corrected chi connectivity index (χ1v) is 8.11. The average Bonchev–Trinajstić information content (AvgIpc) is 2.37. The molecule has 1 rings (SSSR count). The highest BCUT2D eigenvalue weighted by atomic mass is 35.5. The van der Waals surface area contributed by atoms with Gasteiger partial charge in [-0.15, -0.1) is 0 Å². The van der Waals surface area contributed by atoms with Crippen LogP contribution in [0.1, 0.15) is 12.0 Å². The van der Waals surface area contributed by atoms with Crippen molar-refractivity contribution in [3.8, 4) is 5.75 Å². The molecule has 0 aliphatic carbocycles. The molecule has 1 aromatic carbocycles. The zero-order valence-corrected chi connectivity index (χ0v) is 13.6. The molecule has 0 aliphatic rings. The van der Waals surface area contributed by atoms with Gasteiger partial charge in [-0.2, -0.15) is 11.8 Å². The third-order valence-electron chi connectivity index (χ3n) is 2.74. The first kappa shape index (κ1) is 17.4. The van der Waals surface area contributed by atoms with E-state index in [4.69, 9.17) is 33.0 Å². The Labute approximate surface area is 132 Å². The molecular formula is C13H17Cl2NO3S. The summed E-state index contributed by atoms with van der Waals surface area (Å²) in [6.07, 6.45) is 2.49. The number of carboxylic acids is 1. The number of hydrogen-bond acceptors (Lipinski definition) is 4. The number of hydrogen-bond donors (Lipinski definition) is 2. The number of methoxy groups -OCH3 is 1. The van der Waals surface area contributed by atoms with Crippen LogP contribution in [-0.2, 0) is 11.3 Å². The van der Waals surface area contributed by atoms with E-state index in [0.29, 0.717) is 28.8 Å². The molecule has 1 unspecified atom stereocenters. The number of halogens is 2. The summed E-state index contributed by atoms with van der Waals surface area (Å²) in [4.78, 5) is 11.2. The fourth-order valence-corrected chi connectivity index (χ4v) is 2.84. The number of rotatable bonds is 8. The molecular weight excluding hydrogens is 321 g/mol. The third kappa shape index (κ3) is 5.05. The number of ether oxygens (including phenoxy) is 1.